The van der Waals surface area contributed by atoms with E-state index in [1.807, 2.05) is 78.9 Å². The first-order valence-electron chi connectivity index (χ1n) is 9.70. The number of halogens is 1. The van der Waals surface area contributed by atoms with Gasteiger partial charge >= 0.3 is 0 Å². The average molecular weight is 493 g/mol. The van der Waals surface area contributed by atoms with Crippen LogP contribution in [0.1, 0.15) is 5.56 Å². The van der Waals surface area contributed by atoms with E-state index in [2.05, 4.69) is 20.9 Å². The van der Waals surface area contributed by atoms with Gasteiger partial charge in [-0.1, -0.05) is 51.5 Å². The number of nitrogens with zero attached hydrogens (tertiary/aromatic N) is 2. The molecule has 0 aliphatic heterocycles. The summed E-state index contributed by atoms with van der Waals surface area (Å²) in [6.45, 7) is 0.862. The lowest BCUT2D eigenvalue weighted by Crippen LogP contribution is -2.22. The molecule has 2 aromatic heterocycles. The first-order valence-corrected chi connectivity index (χ1v) is 11.3. The van der Waals surface area contributed by atoms with Gasteiger partial charge in [0.25, 0.3) is 5.56 Å². The van der Waals surface area contributed by atoms with E-state index < -0.39 is 0 Å². The zero-order chi connectivity index (χ0) is 21.2. The van der Waals surface area contributed by atoms with Crippen LogP contribution in [-0.4, -0.2) is 22.6 Å². The van der Waals surface area contributed by atoms with Crippen LogP contribution in [0.15, 0.2) is 82.1 Å². The molecule has 0 N–H and O–H groups in total. The van der Waals surface area contributed by atoms with Crippen LogP contribution < -0.4 is 19.6 Å². The van der Waals surface area contributed by atoms with Gasteiger partial charge in [-0.15, -0.1) is 0 Å². The monoisotopic (exact) mass is 492 g/mol. The van der Waals surface area contributed by atoms with Crippen LogP contribution >= 0.6 is 27.3 Å². The highest BCUT2D eigenvalue weighted by molar-refractivity contribution is 9.10. The molecule has 0 saturated carbocycles. The second-order valence-corrected chi connectivity index (χ2v) is 8.78. The van der Waals surface area contributed by atoms with Crippen LogP contribution in [-0.2, 0) is 0 Å². The molecule has 5 rings (SSSR count). The highest BCUT2D eigenvalue weighted by atomic mass is 79.9. The summed E-state index contributed by atoms with van der Waals surface area (Å²) in [7, 11) is 0. The number of para-hydroxylation sites is 2. The largest absolute Gasteiger partial charge is 0.490 e. The van der Waals surface area contributed by atoms with Crippen LogP contribution in [0, 0.1) is 0 Å². The third-order valence-corrected chi connectivity index (χ3v) is 6.23. The van der Waals surface area contributed by atoms with E-state index in [9.17, 15) is 4.79 Å². The summed E-state index contributed by atoms with van der Waals surface area (Å²) >= 11 is 4.79. The Morgan fingerprint density at radius 2 is 1.71 bits per heavy atom. The van der Waals surface area contributed by atoms with Gasteiger partial charge in [-0.2, -0.15) is 0 Å². The van der Waals surface area contributed by atoms with E-state index in [-0.39, 0.29) is 5.56 Å². The van der Waals surface area contributed by atoms with E-state index in [4.69, 9.17) is 9.47 Å². The van der Waals surface area contributed by atoms with Gasteiger partial charge in [0.15, 0.2) is 4.96 Å². The second-order valence-electron chi connectivity index (χ2n) is 6.86. The maximum absolute atomic E-state index is 12.9. The smallest absolute Gasteiger partial charge is 0.274 e. The number of aromatic nitrogens is 2. The van der Waals surface area contributed by atoms with Gasteiger partial charge in [-0.3, -0.25) is 4.79 Å². The molecule has 5 nitrogen and oxygen atoms in total. The van der Waals surface area contributed by atoms with Crippen molar-refractivity contribution in [3.05, 3.63) is 97.7 Å². The Labute approximate surface area is 190 Å². The Balaban J connectivity index is 1.32. The van der Waals surface area contributed by atoms with Crippen LogP contribution in [0.25, 0.3) is 22.1 Å². The maximum Gasteiger partial charge on any atom is 0.274 e. The molecule has 0 amide bonds. The number of rotatable bonds is 6. The topological polar surface area (TPSA) is 52.8 Å². The van der Waals surface area contributed by atoms with Gasteiger partial charge < -0.3 is 9.47 Å². The Hall–Kier alpha value is -3.16. The predicted octanol–water partition coefficient (Wildman–Crippen LogP) is 4.68. The van der Waals surface area contributed by atoms with Gasteiger partial charge in [0, 0.05) is 4.47 Å². The second kappa shape index (κ2) is 8.53. The van der Waals surface area contributed by atoms with Crippen molar-refractivity contribution < 1.29 is 9.47 Å². The fraction of sp³-hybridized carbons (Fsp3) is 0.0833. The minimum absolute atomic E-state index is 0.0529. The molecule has 0 spiro atoms. The van der Waals surface area contributed by atoms with Crippen molar-refractivity contribution in [2.24, 2.45) is 0 Å². The summed E-state index contributed by atoms with van der Waals surface area (Å²) in [4.78, 5) is 18.2. The fourth-order valence-corrected chi connectivity index (χ4v) is 4.56. The molecule has 0 radical (unpaired) electrons. The molecule has 2 heterocycles. The number of ether oxygens (including phenoxy) is 2. The summed E-state index contributed by atoms with van der Waals surface area (Å²) in [5, 5.41) is 0. The molecule has 7 heteroatoms. The van der Waals surface area contributed by atoms with Crippen LogP contribution in [0.3, 0.4) is 0 Å². The lowest BCUT2D eigenvalue weighted by Gasteiger charge is -2.09. The zero-order valence-corrected chi connectivity index (χ0v) is 18.7. The summed E-state index contributed by atoms with van der Waals surface area (Å²) in [6.07, 6.45) is 1.88. The normalized spacial score (nSPS) is 12.0. The average Bonchev–Trinajstić information content (AvgIpc) is 3.29. The highest BCUT2D eigenvalue weighted by Gasteiger charge is 2.10. The van der Waals surface area contributed by atoms with E-state index in [1.165, 1.54) is 11.3 Å². The minimum Gasteiger partial charge on any atom is -0.490 e. The van der Waals surface area contributed by atoms with E-state index in [1.54, 1.807) is 4.40 Å². The van der Waals surface area contributed by atoms with E-state index in [0.717, 1.165) is 32.6 Å². The number of thiazole rings is 1. The molecule has 0 bridgehead atoms. The van der Waals surface area contributed by atoms with Crippen LogP contribution in [0.4, 0.5) is 0 Å². The molecule has 0 aliphatic rings. The Kier molecular flexibility index (Phi) is 5.44. The standard InChI is InChI=1S/C24H17BrN2O3S/c25-17-8-10-18(11-9-17)29-12-13-30-19-5-3-4-16(14-19)15-22-23(28)27-21-7-2-1-6-20(21)26-24(27)31-22/h1-11,14-15H,12-13H2/b22-15-. The fourth-order valence-electron chi connectivity index (χ4n) is 3.31. The number of fused-ring (bicyclic) bond motifs is 3. The Morgan fingerprint density at radius 1 is 0.935 bits per heavy atom. The summed E-state index contributed by atoms with van der Waals surface area (Å²) in [6, 6.07) is 23.0. The van der Waals surface area contributed by atoms with Crippen molar-refractivity contribution >= 4 is 49.3 Å². The lowest BCUT2D eigenvalue weighted by molar-refractivity contribution is 0.217. The molecule has 0 saturated heterocycles. The van der Waals surface area contributed by atoms with Gasteiger partial charge in [-0.05, 0) is 60.2 Å². The van der Waals surface area contributed by atoms with Gasteiger partial charge in [0.1, 0.15) is 24.7 Å². The SMILES string of the molecule is O=c1/c(=C/c2cccc(OCCOc3ccc(Br)cc3)c2)sc2nc3ccccc3n12. The van der Waals surface area contributed by atoms with Crippen LogP contribution in [0.5, 0.6) is 11.5 Å². The number of imidazole rings is 1. The maximum atomic E-state index is 12.9. The quantitative estimate of drug-likeness (QED) is 0.323. The van der Waals surface area contributed by atoms with Crippen molar-refractivity contribution in [3.63, 3.8) is 0 Å². The number of hydrogen-bond donors (Lipinski definition) is 0. The summed E-state index contributed by atoms with van der Waals surface area (Å²) < 4.78 is 14.8. The van der Waals surface area contributed by atoms with Gasteiger partial charge in [0.2, 0.25) is 0 Å². The van der Waals surface area contributed by atoms with Crippen LogP contribution in [0.2, 0.25) is 0 Å². The molecule has 0 unspecified atom stereocenters. The van der Waals surface area contributed by atoms with Gasteiger partial charge in [-0.25, -0.2) is 9.38 Å². The Bertz CT molecular complexity index is 1470. The number of hydrogen-bond acceptors (Lipinski definition) is 5. The highest BCUT2D eigenvalue weighted by Crippen LogP contribution is 2.18. The first kappa shape index (κ1) is 19.8. The van der Waals surface area contributed by atoms with Crippen molar-refractivity contribution in [2.75, 3.05) is 13.2 Å². The lowest BCUT2D eigenvalue weighted by atomic mass is 10.2. The molecular formula is C24H17BrN2O3S. The molecule has 0 atom stereocenters. The molecule has 0 aliphatic carbocycles. The molecule has 31 heavy (non-hydrogen) atoms. The Morgan fingerprint density at radius 3 is 2.55 bits per heavy atom. The zero-order valence-electron chi connectivity index (χ0n) is 16.3. The van der Waals surface area contributed by atoms with Crippen molar-refractivity contribution in [1.82, 2.24) is 9.38 Å². The molecule has 0 fully saturated rings. The van der Waals surface area contributed by atoms with E-state index in [0.29, 0.717) is 22.7 Å². The third-order valence-electron chi connectivity index (χ3n) is 4.74. The molecule has 154 valence electrons. The minimum atomic E-state index is -0.0529. The summed E-state index contributed by atoms with van der Waals surface area (Å²) in [5.74, 6) is 1.53. The number of benzene rings is 3. The van der Waals surface area contributed by atoms with Crippen molar-refractivity contribution in [3.8, 4) is 11.5 Å². The molecular weight excluding hydrogens is 476 g/mol. The predicted molar refractivity (Wildman–Crippen MR) is 127 cm³/mol. The molecule has 5 aromatic rings. The van der Waals surface area contributed by atoms with E-state index >= 15 is 0 Å². The van der Waals surface area contributed by atoms with Gasteiger partial charge in [0.05, 0.1) is 15.6 Å². The van der Waals surface area contributed by atoms with Crippen molar-refractivity contribution in [1.29, 1.82) is 0 Å². The molecule has 3 aromatic carbocycles. The third kappa shape index (κ3) is 4.19. The van der Waals surface area contributed by atoms with Crippen molar-refractivity contribution in [2.45, 2.75) is 0 Å². The summed E-state index contributed by atoms with van der Waals surface area (Å²) in [5.41, 5.74) is 2.51. The first-order chi connectivity index (χ1) is 15.2.